The SMILES string of the molecule is Cc1cnn([C@H]2C[C@H]3CN(Cc4ccc(F)cc4)C[C@H]3C[C@@H]2Oc2ccccn2)c1. The summed E-state index contributed by atoms with van der Waals surface area (Å²) in [5.74, 6) is 1.70. The van der Waals surface area contributed by atoms with Crippen molar-refractivity contribution in [3.05, 3.63) is 78.0 Å². The van der Waals surface area contributed by atoms with Gasteiger partial charge in [0.25, 0.3) is 0 Å². The summed E-state index contributed by atoms with van der Waals surface area (Å²) in [4.78, 5) is 6.87. The number of pyridine rings is 1. The lowest BCUT2D eigenvalue weighted by atomic mass is 9.77. The lowest BCUT2D eigenvalue weighted by Crippen LogP contribution is -2.40. The summed E-state index contributed by atoms with van der Waals surface area (Å²) in [7, 11) is 0. The van der Waals surface area contributed by atoms with Crippen LogP contribution in [0.2, 0.25) is 0 Å². The maximum absolute atomic E-state index is 13.2. The molecule has 0 radical (unpaired) electrons. The number of hydrogen-bond acceptors (Lipinski definition) is 4. The van der Waals surface area contributed by atoms with Gasteiger partial charge in [0, 0.05) is 38.1 Å². The molecule has 0 N–H and O–H groups in total. The Morgan fingerprint density at radius 2 is 1.87 bits per heavy atom. The lowest BCUT2D eigenvalue weighted by molar-refractivity contribution is 0.0459. The molecule has 1 aliphatic carbocycles. The number of halogens is 1. The number of aromatic nitrogens is 3. The fraction of sp³-hybridized carbons (Fsp3) is 0.417. The summed E-state index contributed by atoms with van der Waals surface area (Å²) in [6.07, 6.45) is 7.89. The van der Waals surface area contributed by atoms with Crippen LogP contribution in [0.4, 0.5) is 4.39 Å². The molecular weight excluding hydrogens is 379 g/mol. The van der Waals surface area contributed by atoms with Crippen LogP contribution in [0.3, 0.4) is 0 Å². The van der Waals surface area contributed by atoms with E-state index in [0.29, 0.717) is 17.7 Å². The first kappa shape index (κ1) is 19.2. The van der Waals surface area contributed by atoms with Crippen molar-refractivity contribution in [2.45, 2.75) is 38.5 Å². The molecule has 156 valence electrons. The Labute approximate surface area is 176 Å². The quantitative estimate of drug-likeness (QED) is 0.635. The van der Waals surface area contributed by atoms with Crippen LogP contribution in [0.5, 0.6) is 5.88 Å². The normalized spacial score (nSPS) is 26.5. The van der Waals surface area contributed by atoms with Crippen molar-refractivity contribution in [3.63, 3.8) is 0 Å². The molecule has 1 saturated heterocycles. The molecule has 6 heteroatoms. The van der Waals surface area contributed by atoms with Crippen LogP contribution in [0.15, 0.2) is 61.1 Å². The predicted molar refractivity (Wildman–Crippen MR) is 113 cm³/mol. The zero-order valence-electron chi connectivity index (χ0n) is 17.2. The molecule has 0 unspecified atom stereocenters. The van der Waals surface area contributed by atoms with E-state index < -0.39 is 0 Å². The Balaban J connectivity index is 1.33. The Hall–Kier alpha value is -2.73. The zero-order valence-corrected chi connectivity index (χ0v) is 17.2. The van der Waals surface area contributed by atoms with Gasteiger partial charge in [-0.2, -0.15) is 5.10 Å². The first-order valence-electron chi connectivity index (χ1n) is 10.7. The van der Waals surface area contributed by atoms with Gasteiger partial charge in [0.15, 0.2) is 0 Å². The summed E-state index contributed by atoms with van der Waals surface area (Å²) in [6, 6.07) is 12.9. The second-order valence-corrected chi connectivity index (χ2v) is 8.70. The van der Waals surface area contributed by atoms with Crippen molar-refractivity contribution in [3.8, 4) is 5.88 Å². The van der Waals surface area contributed by atoms with Crippen molar-refractivity contribution in [1.82, 2.24) is 19.7 Å². The number of likely N-dealkylation sites (tertiary alicyclic amines) is 1. The van der Waals surface area contributed by atoms with Crippen molar-refractivity contribution >= 4 is 0 Å². The maximum Gasteiger partial charge on any atom is 0.213 e. The van der Waals surface area contributed by atoms with E-state index in [0.717, 1.165) is 43.6 Å². The highest BCUT2D eigenvalue weighted by atomic mass is 19.1. The molecule has 1 aromatic carbocycles. The molecule has 5 nitrogen and oxygen atoms in total. The van der Waals surface area contributed by atoms with Crippen molar-refractivity contribution in [2.75, 3.05) is 13.1 Å². The van der Waals surface area contributed by atoms with Crippen LogP contribution in [0, 0.1) is 24.6 Å². The first-order valence-corrected chi connectivity index (χ1v) is 10.7. The monoisotopic (exact) mass is 406 g/mol. The molecule has 0 amide bonds. The number of benzene rings is 1. The molecule has 30 heavy (non-hydrogen) atoms. The zero-order chi connectivity index (χ0) is 20.5. The number of nitrogens with zero attached hydrogens (tertiary/aromatic N) is 4. The standard InChI is InChI=1S/C24H27FN4O/c1-17-12-27-29(13-17)22-10-19-15-28(14-18-5-7-21(25)8-6-18)16-20(19)11-23(22)30-24-4-2-3-9-26-24/h2-9,12-13,19-20,22-23H,10-11,14-16H2,1H3/t19-,20+,22-,23-/m0/s1. The van der Waals surface area contributed by atoms with Crippen molar-refractivity contribution < 1.29 is 9.13 Å². The third-order valence-corrected chi connectivity index (χ3v) is 6.46. The van der Waals surface area contributed by atoms with Crippen LogP contribution >= 0.6 is 0 Å². The Bertz CT molecular complexity index is 974. The van der Waals surface area contributed by atoms with Crippen LogP contribution in [0.1, 0.15) is 30.0 Å². The molecular formula is C24H27FN4O. The van der Waals surface area contributed by atoms with E-state index in [1.807, 2.05) is 36.5 Å². The van der Waals surface area contributed by atoms with Crippen LogP contribution in [0.25, 0.3) is 0 Å². The van der Waals surface area contributed by atoms with Gasteiger partial charge >= 0.3 is 0 Å². The first-order chi connectivity index (χ1) is 14.6. The van der Waals surface area contributed by atoms with Crippen LogP contribution in [-0.4, -0.2) is 38.9 Å². The third kappa shape index (κ3) is 4.10. The molecule has 0 spiro atoms. The van der Waals surface area contributed by atoms with E-state index in [4.69, 9.17) is 4.74 Å². The average molecular weight is 407 g/mol. The Kier molecular flexibility index (Phi) is 5.25. The second kappa shape index (κ2) is 8.19. The average Bonchev–Trinajstić information content (AvgIpc) is 3.35. The maximum atomic E-state index is 13.2. The van der Waals surface area contributed by atoms with Crippen LogP contribution < -0.4 is 4.74 Å². The number of rotatable bonds is 5. The third-order valence-electron chi connectivity index (χ3n) is 6.46. The van der Waals surface area contributed by atoms with Gasteiger partial charge < -0.3 is 4.74 Å². The van der Waals surface area contributed by atoms with E-state index in [2.05, 4.69) is 32.8 Å². The van der Waals surface area contributed by atoms with E-state index in [-0.39, 0.29) is 18.0 Å². The van der Waals surface area contributed by atoms with E-state index in [9.17, 15) is 4.39 Å². The number of ether oxygens (including phenoxy) is 1. The molecule has 3 heterocycles. The second-order valence-electron chi connectivity index (χ2n) is 8.70. The fourth-order valence-electron chi connectivity index (χ4n) is 5.06. The minimum atomic E-state index is -0.180. The number of fused-ring (bicyclic) bond motifs is 1. The molecule has 4 atom stereocenters. The molecule has 5 rings (SSSR count). The van der Waals surface area contributed by atoms with Gasteiger partial charge in [-0.25, -0.2) is 9.37 Å². The molecule has 1 saturated carbocycles. The van der Waals surface area contributed by atoms with Crippen molar-refractivity contribution in [2.24, 2.45) is 11.8 Å². The van der Waals surface area contributed by atoms with Gasteiger partial charge in [-0.3, -0.25) is 9.58 Å². The number of hydrogen-bond donors (Lipinski definition) is 0. The molecule has 2 aliphatic rings. The molecule has 2 fully saturated rings. The highest BCUT2D eigenvalue weighted by Crippen LogP contribution is 2.42. The van der Waals surface area contributed by atoms with Crippen molar-refractivity contribution in [1.29, 1.82) is 0 Å². The summed E-state index contributed by atoms with van der Waals surface area (Å²) in [5, 5.41) is 4.61. The molecule has 0 bridgehead atoms. The van der Waals surface area contributed by atoms with E-state index >= 15 is 0 Å². The Morgan fingerprint density at radius 3 is 2.57 bits per heavy atom. The lowest BCUT2D eigenvalue weighted by Gasteiger charge is -2.37. The van der Waals surface area contributed by atoms with Gasteiger partial charge in [0.1, 0.15) is 11.9 Å². The molecule has 3 aromatic rings. The highest BCUT2D eigenvalue weighted by molar-refractivity contribution is 5.16. The minimum Gasteiger partial charge on any atom is -0.472 e. The number of aryl methyl sites for hydroxylation is 1. The Morgan fingerprint density at radius 1 is 1.07 bits per heavy atom. The minimum absolute atomic E-state index is 0.0474. The summed E-state index contributed by atoms with van der Waals surface area (Å²) in [5.41, 5.74) is 2.33. The van der Waals surface area contributed by atoms with Gasteiger partial charge in [-0.15, -0.1) is 0 Å². The van der Waals surface area contributed by atoms with Crippen LogP contribution in [-0.2, 0) is 6.54 Å². The predicted octanol–water partition coefficient (Wildman–Crippen LogP) is 4.26. The largest absolute Gasteiger partial charge is 0.472 e. The molecule has 2 aromatic heterocycles. The fourth-order valence-corrected chi connectivity index (χ4v) is 5.06. The van der Waals surface area contributed by atoms with E-state index in [1.165, 1.54) is 0 Å². The topological polar surface area (TPSA) is 43.2 Å². The van der Waals surface area contributed by atoms with Gasteiger partial charge in [0.05, 0.1) is 12.2 Å². The highest BCUT2D eigenvalue weighted by Gasteiger charge is 2.44. The van der Waals surface area contributed by atoms with Gasteiger partial charge in [-0.05, 0) is 60.9 Å². The summed E-state index contributed by atoms with van der Waals surface area (Å²) in [6.45, 7) is 5.05. The summed E-state index contributed by atoms with van der Waals surface area (Å²) >= 11 is 0. The van der Waals surface area contributed by atoms with Gasteiger partial charge in [-0.1, -0.05) is 18.2 Å². The summed E-state index contributed by atoms with van der Waals surface area (Å²) < 4.78 is 21.7. The molecule has 1 aliphatic heterocycles. The van der Waals surface area contributed by atoms with E-state index in [1.54, 1.807) is 18.3 Å². The van der Waals surface area contributed by atoms with Gasteiger partial charge in [0.2, 0.25) is 5.88 Å². The smallest absolute Gasteiger partial charge is 0.213 e.